The molecule has 0 spiro atoms. The van der Waals surface area contributed by atoms with Crippen LogP contribution in [0, 0.1) is 18.3 Å². The number of hydrogen-bond acceptors (Lipinski definition) is 5. The molecule has 214 valence electrons. The molecule has 1 N–H and O–H groups in total. The predicted octanol–water partition coefficient (Wildman–Crippen LogP) is 4.78. The molecule has 5 aromatic rings. The van der Waals surface area contributed by atoms with Crippen LogP contribution in [0.1, 0.15) is 39.9 Å². The van der Waals surface area contributed by atoms with Crippen LogP contribution >= 0.6 is 0 Å². The summed E-state index contributed by atoms with van der Waals surface area (Å²) in [4.78, 5) is 34.3. The van der Waals surface area contributed by atoms with Crippen molar-refractivity contribution in [2.75, 3.05) is 20.2 Å². The molecule has 1 amide bonds. The number of piperidine rings is 1. The second-order valence-corrected chi connectivity index (χ2v) is 11.1. The number of hydrogen-bond donors (Lipinski definition) is 1. The number of nitrogens with zero attached hydrogens (tertiary/aromatic N) is 4. The highest BCUT2D eigenvalue weighted by molar-refractivity contribution is 5.97. The summed E-state index contributed by atoms with van der Waals surface area (Å²) >= 11 is 0. The molecule has 8 heteroatoms. The Kier molecular flexibility index (Phi) is 7.61. The summed E-state index contributed by atoms with van der Waals surface area (Å²) in [5.41, 5.74) is 4.29. The van der Waals surface area contributed by atoms with Crippen molar-refractivity contribution in [3.8, 4) is 5.75 Å². The number of carbonyl (C=O) groups is 1. The first-order chi connectivity index (χ1) is 20.4. The van der Waals surface area contributed by atoms with Crippen molar-refractivity contribution in [1.82, 2.24) is 18.9 Å². The number of aryl methyl sites for hydroxylation is 3. The number of pyridine rings is 2. The van der Waals surface area contributed by atoms with E-state index in [0.717, 1.165) is 36.1 Å². The molecule has 8 nitrogen and oxygen atoms in total. The van der Waals surface area contributed by atoms with Gasteiger partial charge in [0.15, 0.2) is 0 Å². The highest BCUT2D eigenvalue weighted by Crippen LogP contribution is 2.23. The zero-order valence-electron chi connectivity index (χ0n) is 24.0. The van der Waals surface area contributed by atoms with E-state index in [1.165, 1.54) is 9.96 Å². The van der Waals surface area contributed by atoms with Crippen molar-refractivity contribution >= 4 is 22.6 Å². The zero-order chi connectivity index (χ0) is 29.2. The van der Waals surface area contributed by atoms with Crippen molar-refractivity contribution < 1.29 is 9.53 Å². The average Bonchev–Trinajstić information content (AvgIpc) is 3.02. The second kappa shape index (κ2) is 11.6. The van der Waals surface area contributed by atoms with Gasteiger partial charge in [-0.2, -0.15) is 0 Å². The summed E-state index contributed by atoms with van der Waals surface area (Å²) in [6.07, 6.45) is 5.13. The van der Waals surface area contributed by atoms with E-state index in [4.69, 9.17) is 9.72 Å². The van der Waals surface area contributed by atoms with Crippen molar-refractivity contribution in [2.45, 2.75) is 39.2 Å². The monoisotopic (exact) mass is 561 g/mol. The molecule has 6 rings (SSSR count). The Bertz CT molecular complexity index is 1870. The van der Waals surface area contributed by atoms with Crippen LogP contribution in [0.15, 0.2) is 83.8 Å². The molecule has 0 aliphatic carbocycles. The summed E-state index contributed by atoms with van der Waals surface area (Å²) < 4.78 is 8.54. The zero-order valence-corrected chi connectivity index (χ0v) is 24.0. The minimum Gasteiger partial charge on any atom is -0.497 e. The number of nitrogens with one attached hydrogen (secondary N) is 1. The van der Waals surface area contributed by atoms with E-state index >= 15 is 0 Å². The molecule has 1 aliphatic rings. The molecular weight excluding hydrogens is 526 g/mol. The lowest BCUT2D eigenvalue weighted by molar-refractivity contribution is 0.0687. The highest BCUT2D eigenvalue weighted by atomic mass is 16.5. The van der Waals surface area contributed by atoms with Gasteiger partial charge in [-0.3, -0.25) is 19.4 Å². The Labute approximate surface area is 244 Å². The first kappa shape index (κ1) is 27.4. The van der Waals surface area contributed by atoms with E-state index < -0.39 is 0 Å². The van der Waals surface area contributed by atoms with Crippen LogP contribution in [0.5, 0.6) is 5.75 Å². The Hall–Kier alpha value is -4.72. The SMILES string of the molecule is COc1ccc(CCn2c(=N)c(C(=O)N3CCC(Cc4ccccc4)CC3)cc3c(=O)n4cccc(C)c4nc32)cc1. The smallest absolute Gasteiger partial charge is 0.267 e. The van der Waals surface area contributed by atoms with Gasteiger partial charge in [0.25, 0.3) is 11.5 Å². The van der Waals surface area contributed by atoms with Crippen molar-refractivity contribution in [1.29, 1.82) is 5.41 Å². The number of methoxy groups -OCH3 is 1. The fraction of sp³-hybridized carbons (Fsp3) is 0.294. The molecule has 1 aliphatic heterocycles. The molecule has 3 aromatic heterocycles. The topological polar surface area (TPSA) is 92.7 Å². The average molecular weight is 562 g/mol. The minimum atomic E-state index is -0.243. The van der Waals surface area contributed by atoms with E-state index in [-0.39, 0.29) is 22.5 Å². The van der Waals surface area contributed by atoms with Gasteiger partial charge in [0.05, 0.1) is 18.1 Å². The summed E-state index contributed by atoms with van der Waals surface area (Å²) in [5, 5.41) is 9.51. The van der Waals surface area contributed by atoms with Crippen LogP contribution in [-0.4, -0.2) is 45.0 Å². The Morgan fingerprint density at radius 3 is 2.43 bits per heavy atom. The van der Waals surface area contributed by atoms with E-state index in [1.54, 1.807) is 23.9 Å². The molecule has 2 aromatic carbocycles. The van der Waals surface area contributed by atoms with Crippen molar-refractivity contribution in [3.63, 3.8) is 0 Å². The molecule has 0 atom stereocenters. The maximum atomic E-state index is 13.9. The minimum absolute atomic E-state index is 0.0808. The normalized spacial score (nSPS) is 14.0. The van der Waals surface area contributed by atoms with Gasteiger partial charge in [-0.05, 0) is 79.5 Å². The fourth-order valence-electron chi connectivity index (χ4n) is 5.97. The fourth-order valence-corrected chi connectivity index (χ4v) is 5.97. The van der Waals surface area contributed by atoms with Crippen LogP contribution in [0.4, 0.5) is 0 Å². The number of likely N-dealkylation sites (tertiary alicyclic amines) is 1. The lowest BCUT2D eigenvalue weighted by Gasteiger charge is -2.32. The summed E-state index contributed by atoms with van der Waals surface area (Å²) in [7, 11) is 1.63. The van der Waals surface area contributed by atoms with Gasteiger partial charge in [-0.1, -0.05) is 48.5 Å². The van der Waals surface area contributed by atoms with Gasteiger partial charge in [-0.15, -0.1) is 0 Å². The van der Waals surface area contributed by atoms with Crippen LogP contribution in [0.3, 0.4) is 0 Å². The maximum Gasteiger partial charge on any atom is 0.267 e. The second-order valence-electron chi connectivity index (χ2n) is 11.1. The number of rotatable bonds is 7. The number of benzene rings is 2. The van der Waals surface area contributed by atoms with Gasteiger partial charge < -0.3 is 14.2 Å². The molecule has 4 heterocycles. The van der Waals surface area contributed by atoms with Crippen LogP contribution < -0.4 is 15.8 Å². The van der Waals surface area contributed by atoms with Crippen LogP contribution in [-0.2, 0) is 19.4 Å². The summed E-state index contributed by atoms with van der Waals surface area (Å²) in [5.74, 6) is 1.09. The van der Waals surface area contributed by atoms with E-state index in [0.29, 0.717) is 48.7 Å². The van der Waals surface area contributed by atoms with E-state index in [1.807, 2.05) is 54.3 Å². The number of fused-ring (bicyclic) bond motifs is 2. The highest BCUT2D eigenvalue weighted by Gasteiger charge is 2.26. The Balaban J connectivity index is 1.35. The lowest BCUT2D eigenvalue weighted by atomic mass is 9.90. The van der Waals surface area contributed by atoms with Gasteiger partial charge >= 0.3 is 0 Å². The Morgan fingerprint density at radius 2 is 1.71 bits per heavy atom. The lowest BCUT2D eigenvalue weighted by Crippen LogP contribution is -2.42. The summed E-state index contributed by atoms with van der Waals surface area (Å²) in [6, 6.07) is 23.6. The third-order valence-corrected chi connectivity index (χ3v) is 8.42. The number of ether oxygens (including phenoxy) is 1. The molecule has 0 bridgehead atoms. The molecular formula is C34H35N5O3. The molecule has 42 heavy (non-hydrogen) atoms. The van der Waals surface area contributed by atoms with Crippen LogP contribution in [0.2, 0.25) is 0 Å². The standard InChI is InChI=1S/C34H35N5O3/c1-23-7-6-17-39-31(23)36-32-29(34(39)41)22-28(30(35)38(32)20-16-24-10-12-27(42-2)13-11-24)33(40)37-18-14-26(15-19-37)21-25-8-4-3-5-9-25/h3-13,17,22,26,35H,14-16,18-21H2,1-2H3. The van der Waals surface area contributed by atoms with E-state index in [9.17, 15) is 15.0 Å². The number of aromatic nitrogens is 3. The van der Waals surface area contributed by atoms with Crippen molar-refractivity contribution in [2.24, 2.45) is 5.92 Å². The summed E-state index contributed by atoms with van der Waals surface area (Å²) in [6.45, 7) is 3.58. The maximum absolute atomic E-state index is 13.9. The van der Waals surface area contributed by atoms with Gasteiger partial charge in [0.1, 0.15) is 22.5 Å². The largest absolute Gasteiger partial charge is 0.497 e. The van der Waals surface area contributed by atoms with Gasteiger partial charge in [0.2, 0.25) is 0 Å². The molecule has 0 radical (unpaired) electrons. The number of carbonyl (C=O) groups excluding carboxylic acids is 1. The molecule has 0 unspecified atom stereocenters. The molecule has 1 saturated heterocycles. The first-order valence-corrected chi connectivity index (χ1v) is 14.5. The van der Waals surface area contributed by atoms with Gasteiger partial charge in [-0.25, -0.2) is 4.98 Å². The predicted molar refractivity (Wildman–Crippen MR) is 163 cm³/mol. The van der Waals surface area contributed by atoms with Crippen molar-refractivity contribution in [3.05, 3.63) is 117 Å². The first-order valence-electron chi connectivity index (χ1n) is 14.5. The molecule has 1 fully saturated rings. The third kappa shape index (κ3) is 5.32. The van der Waals surface area contributed by atoms with E-state index in [2.05, 4.69) is 24.3 Å². The molecule has 0 saturated carbocycles. The quantitative estimate of drug-likeness (QED) is 0.290. The third-order valence-electron chi connectivity index (χ3n) is 8.42. The number of amides is 1. The van der Waals surface area contributed by atoms with Gasteiger partial charge in [0, 0.05) is 25.8 Å². The van der Waals surface area contributed by atoms with Crippen LogP contribution in [0.25, 0.3) is 16.7 Å². The Morgan fingerprint density at radius 1 is 0.976 bits per heavy atom.